The molecule has 0 unspecified atom stereocenters. The second-order valence-corrected chi connectivity index (χ2v) is 6.62. The van der Waals surface area contributed by atoms with E-state index in [2.05, 4.69) is 15.2 Å². The van der Waals surface area contributed by atoms with Crippen LogP contribution in [0.2, 0.25) is 0 Å². The molecule has 1 aliphatic rings. The van der Waals surface area contributed by atoms with Crippen molar-refractivity contribution in [1.82, 2.24) is 15.0 Å². The van der Waals surface area contributed by atoms with Crippen molar-refractivity contribution in [3.63, 3.8) is 0 Å². The molecule has 3 aromatic rings. The quantitative estimate of drug-likeness (QED) is 0.595. The van der Waals surface area contributed by atoms with Crippen LogP contribution in [0.5, 0.6) is 5.75 Å². The van der Waals surface area contributed by atoms with Crippen LogP contribution in [0.15, 0.2) is 54.7 Å². The molecule has 0 saturated carbocycles. The lowest BCUT2D eigenvalue weighted by Crippen LogP contribution is -2.24. The lowest BCUT2D eigenvalue weighted by molar-refractivity contribution is 0.0600. The summed E-state index contributed by atoms with van der Waals surface area (Å²) in [5.74, 6) is 0.440. The zero-order valence-corrected chi connectivity index (χ0v) is 16.3. The van der Waals surface area contributed by atoms with Gasteiger partial charge in [-0.25, -0.2) is 9.48 Å². The molecule has 1 aliphatic heterocycles. The van der Waals surface area contributed by atoms with E-state index in [0.717, 1.165) is 29.2 Å². The Morgan fingerprint density at radius 3 is 2.72 bits per heavy atom. The number of hydrogen-bond donors (Lipinski definition) is 0. The van der Waals surface area contributed by atoms with Crippen LogP contribution in [0.4, 0.5) is 5.69 Å². The van der Waals surface area contributed by atoms with E-state index in [1.807, 2.05) is 42.6 Å². The largest absolute Gasteiger partial charge is 0.495 e. The van der Waals surface area contributed by atoms with Crippen LogP contribution in [-0.2, 0) is 16.0 Å². The minimum Gasteiger partial charge on any atom is -0.495 e. The van der Waals surface area contributed by atoms with Crippen LogP contribution in [-0.4, -0.2) is 48.3 Å². The number of rotatable bonds is 6. The lowest BCUT2D eigenvalue weighted by atomic mass is 10.1. The van der Waals surface area contributed by atoms with Gasteiger partial charge in [0, 0.05) is 6.54 Å². The van der Waals surface area contributed by atoms with Crippen LogP contribution in [0.25, 0.3) is 0 Å². The topological polar surface area (TPSA) is 78.7 Å². The van der Waals surface area contributed by atoms with Crippen molar-refractivity contribution in [2.24, 2.45) is 0 Å². The first kappa shape index (κ1) is 18.9. The van der Waals surface area contributed by atoms with Crippen LogP contribution in [0.1, 0.15) is 27.8 Å². The van der Waals surface area contributed by atoms with Crippen molar-refractivity contribution in [2.45, 2.75) is 12.8 Å². The van der Waals surface area contributed by atoms with Crippen LogP contribution >= 0.6 is 0 Å². The predicted molar refractivity (Wildman–Crippen MR) is 106 cm³/mol. The van der Waals surface area contributed by atoms with Gasteiger partial charge >= 0.3 is 5.97 Å². The van der Waals surface area contributed by atoms with E-state index in [-0.39, 0.29) is 12.2 Å². The Labute approximate surface area is 168 Å². The van der Waals surface area contributed by atoms with Gasteiger partial charge in [0.1, 0.15) is 11.4 Å². The summed E-state index contributed by atoms with van der Waals surface area (Å²) in [5, 5.41) is 8.55. The summed E-state index contributed by atoms with van der Waals surface area (Å²) < 4.78 is 17.9. The molecule has 0 radical (unpaired) electrons. The fraction of sp³-hybridized carbons (Fsp3) is 0.286. The standard InChI is InChI=1S/C21H22N4O4/c1-27-19-6-4-3-5-18(19)25-11-12-29-20(25)17-14-24(23-22-17)13-15-7-9-16(10-8-15)21(26)28-2/h3-10,14,20H,11-13H2,1-2H3/t20-/m1/s1. The Bertz CT molecular complexity index is 986. The van der Waals surface area contributed by atoms with Gasteiger partial charge in [-0.05, 0) is 29.8 Å². The molecule has 1 atom stereocenters. The van der Waals surface area contributed by atoms with Gasteiger partial charge in [-0.3, -0.25) is 0 Å². The number of ether oxygens (including phenoxy) is 3. The second-order valence-electron chi connectivity index (χ2n) is 6.62. The maximum Gasteiger partial charge on any atom is 0.337 e. The zero-order chi connectivity index (χ0) is 20.2. The van der Waals surface area contributed by atoms with E-state index < -0.39 is 0 Å². The summed E-state index contributed by atoms with van der Waals surface area (Å²) in [7, 11) is 3.03. The molecule has 0 amide bonds. The van der Waals surface area contributed by atoms with E-state index in [1.54, 1.807) is 23.9 Å². The number of anilines is 1. The molecule has 2 aromatic carbocycles. The number of carbonyl (C=O) groups is 1. The lowest BCUT2D eigenvalue weighted by Gasteiger charge is -2.25. The van der Waals surface area contributed by atoms with Gasteiger partial charge in [0.05, 0.1) is 44.8 Å². The van der Waals surface area contributed by atoms with Crippen LogP contribution in [0.3, 0.4) is 0 Å². The molecule has 0 spiro atoms. The summed E-state index contributed by atoms with van der Waals surface area (Å²) in [4.78, 5) is 13.7. The van der Waals surface area contributed by atoms with E-state index in [0.29, 0.717) is 18.7 Å². The second kappa shape index (κ2) is 8.32. The Hall–Kier alpha value is -3.39. The van der Waals surface area contributed by atoms with Crippen LogP contribution in [0, 0.1) is 0 Å². The predicted octanol–water partition coefficient (Wildman–Crippen LogP) is 2.66. The fourth-order valence-electron chi connectivity index (χ4n) is 3.38. The minimum atomic E-state index is -0.352. The van der Waals surface area contributed by atoms with Crippen molar-refractivity contribution in [1.29, 1.82) is 0 Å². The molecule has 29 heavy (non-hydrogen) atoms. The first-order chi connectivity index (χ1) is 14.2. The number of nitrogens with zero attached hydrogens (tertiary/aromatic N) is 4. The van der Waals surface area contributed by atoms with Crippen molar-refractivity contribution < 1.29 is 19.0 Å². The van der Waals surface area contributed by atoms with Gasteiger partial charge in [0.2, 0.25) is 0 Å². The zero-order valence-electron chi connectivity index (χ0n) is 16.3. The third-order valence-electron chi connectivity index (χ3n) is 4.81. The fourth-order valence-corrected chi connectivity index (χ4v) is 3.38. The molecule has 0 aliphatic carbocycles. The van der Waals surface area contributed by atoms with Crippen LogP contribution < -0.4 is 9.64 Å². The molecule has 0 N–H and O–H groups in total. The molecular weight excluding hydrogens is 372 g/mol. The van der Waals surface area contributed by atoms with Gasteiger partial charge in [-0.15, -0.1) is 5.10 Å². The smallest absolute Gasteiger partial charge is 0.337 e. The summed E-state index contributed by atoms with van der Waals surface area (Å²) in [6.07, 6.45) is 1.56. The van der Waals surface area contributed by atoms with Crippen molar-refractivity contribution in [3.8, 4) is 5.75 Å². The SMILES string of the molecule is COC(=O)c1ccc(Cn2cc([C@H]3OCCN3c3ccccc3OC)nn2)cc1. The average molecular weight is 394 g/mol. The van der Waals surface area contributed by atoms with E-state index in [1.165, 1.54) is 7.11 Å². The van der Waals surface area contributed by atoms with E-state index >= 15 is 0 Å². The molecule has 1 aromatic heterocycles. The van der Waals surface area contributed by atoms with E-state index in [9.17, 15) is 4.79 Å². The Kier molecular flexibility index (Phi) is 5.44. The molecule has 4 rings (SSSR count). The summed E-state index contributed by atoms with van der Waals surface area (Å²) in [5.41, 5.74) is 3.22. The maximum absolute atomic E-state index is 11.5. The number of carbonyl (C=O) groups excluding carboxylic acids is 1. The van der Waals surface area contributed by atoms with Gasteiger partial charge < -0.3 is 19.1 Å². The molecule has 1 fully saturated rings. The number of benzene rings is 2. The Morgan fingerprint density at radius 2 is 1.97 bits per heavy atom. The van der Waals surface area contributed by atoms with Gasteiger partial charge in [0.25, 0.3) is 0 Å². The molecule has 2 heterocycles. The molecule has 0 bridgehead atoms. The average Bonchev–Trinajstić information content (AvgIpc) is 3.43. The normalized spacial score (nSPS) is 16.1. The summed E-state index contributed by atoms with van der Waals surface area (Å²) in [6, 6.07) is 15.1. The summed E-state index contributed by atoms with van der Waals surface area (Å²) >= 11 is 0. The monoisotopic (exact) mass is 394 g/mol. The number of methoxy groups -OCH3 is 2. The maximum atomic E-state index is 11.5. The molecule has 8 nitrogen and oxygen atoms in total. The van der Waals surface area contributed by atoms with E-state index in [4.69, 9.17) is 14.2 Å². The molecular formula is C21H22N4O4. The molecule has 8 heteroatoms. The number of hydrogen-bond acceptors (Lipinski definition) is 7. The van der Waals surface area contributed by atoms with Gasteiger partial charge in [-0.2, -0.15) is 0 Å². The van der Waals surface area contributed by atoms with Crippen molar-refractivity contribution >= 4 is 11.7 Å². The number of aromatic nitrogens is 3. The number of esters is 1. The van der Waals surface area contributed by atoms with Gasteiger partial charge in [-0.1, -0.05) is 29.5 Å². The first-order valence-electron chi connectivity index (χ1n) is 9.28. The molecule has 150 valence electrons. The highest BCUT2D eigenvalue weighted by atomic mass is 16.5. The molecule has 1 saturated heterocycles. The summed E-state index contributed by atoms with van der Waals surface area (Å²) in [6.45, 7) is 1.88. The first-order valence-corrected chi connectivity index (χ1v) is 9.28. The van der Waals surface area contributed by atoms with Crippen molar-refractivity contribution in [2.75, 3.05) is 32.3 Å². The van der Waals surface area contributed by atoms with Crippen molar-refractivity contribution in [3.05, 3.63) is 71.5 Å². The Morgan fingerprint density at radius 1 is 1.17 bits per heavy atom. The third kappa shape index (κ3) is 3.93. The minimum absolute atomic E-state index is 0.318. The Balaban J connectivity index is 1.50. The highest BCUT2D eigenvalue weighted by Gasteiger charge is 2.31. The van der Waals surface area contributed by atoms with Gasteiger partial charge in [0.15, 0.2) is 6.23 Å². The highest BCUT2D eigenvalue weighted by Crippen LogP contribution is 2.36. The third-order valence-corrected chi connectivity index (χ3v) is 4.81. The number of para-hydroxylation sites is 2. The highest BCUT2D eigenvalue weighted by molar-refractivity contribution is 5.89.